The van der Waals surface area contributed by atoms with Crippen LogP contribution in [0.15, 0.2) is 0 Å². The first-order valence-electron chi connectivity index (χ1n) is 3.00. The molecular formula is C5H14N2O2S. The van der Waals surface area contributed by atoms with Crippen molar-refractivity contribution in [1.82, 2.24) is 9.62 Å². The third-order valence-electron chi connectivity index (χ3n) is 1.46. The minimum absolute atomic E-state index is 0.475. The molecule has 4 nitrogen and oxygen atoms in total. The summed E-state index contributed by atoms with van der Waals surface area (Å²) in [5.41, 5.74) is 0. The minimum atomic E-state index is -3.12. The molecule has 62 valence electrons. The molecule has 1 atom stereocenters. The Kier molecular flexibility index (Phi) is 3.27. The molecule has 0 amide bonds. The smallest absolute Gasteiger partial charge is 0.227 e. The molecule has 0 aromatic heterocycles. The summed E-state index contributed by atoms with van der Waals surface area (Å²) in [6, 6.07) is 0. The van der Waals surface area contributed by atoms with E-state index in [0.717, 1.165) is 0 Å². The highest BCUT2D eigenvalue weighted by atomic mass is 32.2. The van der Waals surface area contributed by atoms with Crippen molar-refractivity contribution >= 4 is 10.0 Å². The lowest BCUT2D eigenvalue weighted by atomic mass is 10.7. The van der Waals surface area contributed by atoms with Crippen molar-refractivity contribution in [3.63, 3.8) is 0 Å². The Balaban J connectivity index is 4.35. The largest absolute Gasteiger partial charge is 0.293 e. The highest BCUT2D eigenvalue weighted by Gasteiger charge is 2.19. The highest BCUT2D eigenvalue weighted by molar-refractivity contribution is 7.90. The lowest BCUT2D eigenvalue weighted by molar-refractivity contribution is 0.379. The van der Waals surface area contributed by atoms with Crippen LogP contribution in [0.4, 0.5) is 0 Å². The van der Waals surface area contributed by atoms with E-state index < -0.39 is 15.4 Å². The van der Waals surface area contributed by atoms with Crippen molar-refractivity contribution in [2.45, 2.75) is 12.3 Å². The quantitative estimate of drug-likeness (QED) is 0.611. The van der Waals surface area contributed by atoms with Gasteiger partial charge in [0, 0.05) is 0 Å². The van der Waals surface area contributed by atoms with Crippen molar-refractivity contribution in [3.8, 4) is 0 Å². The van der Waals surface area contributed by atoms with Crippen LogP contribution in [0.25, 0.3) is 0 Å². The zero-order valence-electron chi connectivity index (χ0n) is 6.75. The molecule has 1 unspecified atom stereocenters. The van der Waals surface area contributed by atoms with Gasteiger partial charge in [-0.15, -0.1) is 0 Å². The van der Waals surface area contributed by atoms with Gasteiger partial charge < -0.3 is 0 Å². The highest BCUT2D eigenvalue weighted by Crippen LogP contribution is 1.98. The van der Waals surface area contributed by atoms with Gasteiger partial charge in [0.15, 0.2) is 0 Å². The first-order valence-corrected chi connectivity index (χ1v) is 4.55. The second-order valence-electron chi connectivity index (χ2n) is 2.31. The minimum Gasteiger partial charge on any atom is -0.293 e. The van der Waals surface area contributed by atoms with Crippen LogP contribution in [0.5, 0.6) is 0 Å². The lowest BCUT2D eigenvalue weighted by Gasteiger charge is -2.18. The zero-order chi connectivity index (χ0) is 8.36. The predicted octanol–water partition coefficient (Wildman–Crippen LogP) is -0.557. The van der Waals surface area contributed by atoms with E-state index in [1.54, 1.807) is 25.9 Å². The molecule has 0 aliphatic rings. The van der Waals surface area contributed by atoms with E-state index in [0.29, 0.717) is 0 Å². The first kappa shape index (κ1) is 9.87. The first-order chi connectivity index (χ1) is 4.41. The molecule has 0 saturated carbocycles. The maximum Gasteiger partial charge on any atom is 0.227 e. The summed E-state index contributed by atoms with van der Waals surface area (Å²) in [6.07, 6.45) is 0. The summed E-state index contributed by atoms with van der Waals surface area (Å²) in [6.45, 7) is 1.63. The molecule has 0 heterocycles. The van der Waals surface area contributed by atoms with E-state index >= 15 is 0 Å². The normalized spacial score (nSPS) is 15.7. The van der Waals surface area contributed by atoms with Gasteiger partial charge in [0.25, 0.3) is 0 Å². The summed E-state index contributed by atoms with van der Waals surface area (Å²) in [7, 11) is 1.73. The van der Waals surface area contributed by atoms with E-state index in [1.807, 2.05) is 0 Å². The Hall–Kier alpha value is -0.130. The van der Waals surface area contributed by atoms with Gasteiger partial charge in [0.05, 0.1) is 0 Å². The molecule has 0 bridgehead atoms. The molecule has 0 aromatic rings. The summed E-state index contributed by atoms with van der Waals surface area (Å²) in [4.78, 5) is 1.63. The van der Waals surface area contributed by atoms with E-state index in [9.17, 15) is 8.42 Å². The van der Waals surface area contributed by atoms with Gasteiger partial charge >= 0.3 is 0 Å². The monoisotopic (exact) mass is 166 g/mol. The van der Waals surface area contributed by atoms with Crippen LogP contribution in [0.3, 0.4) is 0 Å². The maximum absolute atomic E-state index is 11.0. The SMILES string of the molecule is CNS(=O)(=O)C(C)N(C)C. The average molecular weight is 166 g/mol. The van der Waals surface area contributed by atoms with Crippen LogP contribution in [0, 0.1) is 0 Å². The van der Waals surface area contributed by atoms with Crippen LogP contribution in [0.2, 0.25) is 0 Å². The number of nitrogens with one attached hydrogen (secondary N) is 1. The fourth-order valence-corrected chi connectivity index (χ4v) is 1.34. The van der Waals surface area contributed by atoms with Crippen molar-refractivity contribution in [3.05, 3.63) is 0 Å². The molecule has 10 heavy (non-hydrogen) atoms. The number of nitrogens with zero attached hydrogens (tertiary/aromatic N) is 1. The molecular weight excluding hydrogens is 152 g/mol. The van der Waals surface area contributed by atoms with Gasteiger partial charge in [-0.3, -0.25) is 4.90 Å². The fraction of sp³-hybridized carbons (Fsp3) is 1.00. The summed E-state index contributed by atoms with van der Waals surface area (Å²) >= 11 is 0. The van der Waals surface area contributed by atoms with Crippen molar-refractivity contribution in [1.29, 1.82) is 0 Å². The topological polar surface area (TPSA) is 49.4 Å². The summed E-state index contributed by atoms with van der Waals surface area (Å²) in [5, 5.41) is -0.475. The summed E-state index contributed by atoms with van der Waals surface area (Å²) in [5.74, 6) is 0. The van der Waals surface area contributed by atoms with Crippen LogP contribution in [-0.2, 0) is 10.0 Å². The van der Waals surface area contributed by atoms with Crippen LogP contribution >= 0.6 is 0 Å². The molecule has 1 N–H and O–H groups in total. The van der Waals surface area contributed by atoms with Gasteiger partial charge in [-0.25, -0.2) is 13.1 Å². The zero-order valence-corrected chi connectivity index (χ0v) is 7.57. The van der Waals surface area contributed by atoms with Crippen molar-refractivity contribution in [2.75, 3.05) is 21.1 Å². The Labute approximate surface area is 62.3 Å². The number of hydrogen-bond acceptors (Lipinski definition) is 3. The van der Waals surface area contributed by atoms with Crippen molar-refractivity contribution < 1.29 is 8.42 Å². The second kappa shape index (κ2) is 3.32. The molecule has 0 aromatic carbocycles. The van der Waals surface area contributed by atoms with Gasteiger partial charge in [-0.2, -0.15) is 0 Å². The molecule has 0 saturated heterocycles. The van der Waals surface area contributed by atoms with Crippen LogP contribution in [-0.4, -0.2) is 39.8 Å². The number of rotatable bonds is 3. The van der Waals surface area contributed by atoms with Gasteiger partial charge in [-0.1, -0.05) is 0 Å². The standard InChI is InChI=1S/C5H14N2O2S/c1-5(7(3)4)10(8,9)6-2/h5-6H,1-4H3. The van der Waals surface area contributed by atoms with E-state index in [1.165, 1.54) is 7.05 Å². The summed E-state index contributed by atoms with van der Waals surface area (Å²) < 4.78 is 24.2. The molecule has 0 aliphatic heterocycles. The molecule has 0 fully saturated rings. The average Bonchev–Trinajstić information content (AvgIpc) is 1.86. The third-order valence-corrected chi connectivity index (χ3v) is 3.35. The van der Waals surface area contributed by atoms with Gasteiger partial charge in [-0.05, 0) is 28.1 Å². The van der Waals surface area contributed by atoms with Crippen LogP contribution in [0.1, 0.15) is 6.92 Å². The Morgan fingerprint density at radius 2 is 1.80 bits per heavy atom. The van der Waals surface area contributed by atoms with E-state index in [-0.39, 0.29) is 0 Å². The van der Waals surface area contributed by atoms with Gasteiger partial charge in [0.1, 0.15) is 5.37 Å². The molecule has 0 aliphatic carbocycles. The Morgan fingerprint density at radius 1 is 1.40 bits per heavy atom. The molecule has 5 heteroatoms. The molecule has 0 spiro atoms. The second-order valence-corrected chi connectivity index (χ2v) is 4.49. The Morgan fingerprint density at radius 3 is 1.90 bits per heavy atom. The van der Waals surface area contributed by atoms with Crippen LogP contribution < -0.4 is 4.72 Å². The Bertz CT molecular complexity index is 186. The van der Waals surface area contributed by atoms with Gasteiger partial charge in [0.2, 0.25) is 10.0 Å². The number of sulfonamides is 1. The lowest BCUT2D eigenvalue weighted by Crippen LogP contribution is -2.39. The van der Waals surface area contributed by atoms with Crippen molar-refractivity contribution in [2.24, 2.45) is 0 Å². The molecule has 0 rings (SSSR count). The predicted molar refractivity (Wildman–Crippen MR) is 41.1 cm³/mol. The number of hydrogen-bond donors (Lipinski definition) is 1. The third kappa shape index (κ3) is 2.24. The van der Waals surface area contributed by atoms with E-state index in [4.69, 9.17) is 0 Å². The van der Waals surface area contributed by atoms with E-state index in [2.05, 4.69) is 4.72 Å². The maximum atomic E-state index is 11.0. The fourth-order valence-electron chi connectivity index (χ4n) is 0.448. The molecule has 0 radical (unpaired) electrons.